The van der Waals surface area contributed by atoms with Gasteiger partial charge in [-0.05, 0) is 61.7 Å². The summed E-state index contributed by atoms with van der Waals surface area (Å²) in [6.07, 6.45) is 1.64. The normalized spacial score (nSPS) is 11.3. The summed E-state index contributed by atoms with van der Waals surface area (Å²) in [4.78, 5) is 17.1. The molecule has 4 aromatic rings. The molecule has 2 heterocycles. The zero-order valence-electron chi connectivity index (χ0n) is 19.5. The SMILES string of the molecule is C=C(NC(C)=Nc1ccccc1C)c1cccc(Cn2nc(-c3cnnc(C)c3)ccc2=O)c1. The molecule has 0 fully saturated rings. The fourth-order valence-electron chi connectivity index (χ4n) is 3.55. The second-order valence-electron chi connectivity index (χ2n) is 8.09. The molecule has 0 unspecified atom stereocenters. The molecule has 0 radical (unpaired) electrons. The first-order valence-electron chi connectivity index (χ1n) is 10.9. The van der Waals surface area contributed by atoms with Crippen LogP contribution in [0, 0.1) is 13.8 Å². The number of hydrogen-bond donors (Lipinski definition) is 1. The third-order valence-corrected chi connectivity index (χ3v) is 5.28. The fraction of sp³-hybridized carbons (Fsp3) is 0.148. The second kappa shape index (κ2) is 10.0. The number of para-hydroxylation sites is 1. The van der Waals surface area contributed by atoms with Gasteiger partial charge in [-0.1, -0.05) is 43.0 Å². The van der Waals surface area contributed by atoms with E-state index in [-0.39, 0.29) is 5.56 Å². The van der Waals surface area contributed by atoms with Gasteiger partial charge < -0.3 is 5.32 Å². The van der Waals surface area contributed by atoms with E-state index in [1.165, 1.54) is 10.7 Å². The van der Waals surface area contributed by atoms with Crippen LogP contribution in [0.2, 0.25) is 0 Å². The maximum absolute atomic E-state index is 12.5. The molecule has 7 heteroatoms. The molecular formula is C27H26N6O. The molecule has 7 nitrogen and oxygen atoms in total. The Morgan fingerprint density at radius 3 is 2.68 bits per heavy atom. The number of aliphatic imine (C=N–C) groups is 1. The molecule has 2 aromatic carbocycles. The maximum atomic E-state index is 12.5. The van der Waals surface area contributed by atoms with E-state index in [4.69, 9.17) is 0 Å². The van der Waals surface area contributed by atoms with E-state index in [0.717, 1.165) is 45.2 Å². The van der Waals surface area contributed by atoms with Gasteiger partial charge in [-0.15, -0.1) is 0 Å². The first-order valence-corrected chi connectivity index (χ1v) is 10.9. The first kappa shape index (κ1) is 22.8. The lowest BCUT2D eigenvalue weighted by molar-refractivity contribution is 0.642. The number of aromatic nitrogens is 4. The first-order chi connectivity index (χ1) is 16.4. The van der Waals surface area contributed by atoms with Crippen molar-refractivity contribution in [1.29, 1.82) is 0 Å². The van der Waals surface area contributed by atoms with E-state index in [1.807, 2.05) is 75.4 Å². The van der Waals surface area contributed by atoms with Crippen molar-refractivity contribution < 1.29 is 0 Å². The average Bonchev–Trinajstić information content (AvgIpc) is 2.82. The Morgan fingerprint density at radius 1 is 1.06 bits per heavy atom. The van der Waals surface area contributed by atoms with Gasteiger partial charge in [-0.2, -0.15) is 15.3 Å². The van der Waals surface area contributed by atoms with Crippen molar-refractivity contribution in [2.24, 2.45) is 4.99 Å². The average molecular weight is 451 g/mol. The highest BCUT2D eigenvalue weighted by molar-refractivity contribution is 5.90. The summed E-state index contributed by atoms with van der Waals surface area (Å²) in [5, 5.41) is 15.8. The van der Waals surface area contributed by atoms with Crippen molar-refractivity contribution in [3.63, 3.8) is 0 Å². The molecule has 0 aliphatic carbocycles. The Labute approximate surface area is 198 Å². The number of benzene rings is 2. The number of rotatable bonds is 6. The molecule has 170 valence electrons. The van der Waals surface area contributed by atoms with Gasteiger partial charge in [-0.25, -0.2) is 9.67 Å². The van der Waals surface area contributed by atoms with E-state index in [2.05, 4.69) is 32.2 Å². The predicted molar refractivity (Wildman–Crippen MR) is 136 cm³/mol. The largest absolute Gasteiger partial charge is 0.344 e. The van der Waals surface area contributed by atoms with Crippen LogP contribution in [0.4, 0.5) is 5.69 Å². The Kier molecular flexibility index (Phi) is 6.73. The number of hydrogen-bond acceptors (Lipinski definition) is 5. The molecule has 0 bridgehead atoms. The van der Waals surface area contributed by atoms with E-state index < -0.39 is 0 Å². The highest BCUT2D eigenvalue weighted by Gasteiger charge is 2.08. The van der Waals surface area contributed by atoms with Crippen LogP contribution < -0.4 is 10.9 Å². The van der Waals surface area contributed by atoms with Crippen LogP contribution >= 0.6 is 0 Å². The van der Waals surface area contributed by atoms with Crippen LogP contribution in [0.15, 0.2) is 89.3 Å². The third-order valence-electron chi connectivity index (χ3n) is 5.28. The van der Waals surface area contributed by atoms with Gasteiger partial charge in [0, 0.05) is 17.3 Å². The second-order valence-corrected chi connectivity index (χ2v) is 8.09. The van der Waals surface area contributed by atoms with Gasteiger partial charge in [0.15, 0.2) is 0 Å². The van der Waals surface area contributed by atoms with Crippen LogP contribution in [0.5, 0.6) is 0 Å². The van der Waals surface area contributed by atoms with Crippen molar-refractivity contribution in [3.8, 4) is 11.3 Å². The minimum absolute atomic E-state index is 0.175. The highest BCUT2D eigenvalue weighted by Crippen LogP contribution is 2.19. The molecular weight excluding hydrogens is 424 g/mol. The zero-order valence-corrected chi connectivity index (χ0v) is 19.5. The van der Waals surface area contributed by atoms with Crippen LogP contribution in [0.1, 0.15) is 29.3 Å². The number of aryl methyl sites for hydroxylation is 2. The fourth-order valence-corrected chi connectivity index (χ4v) is 3.55. The standard InChI is InChI=1S/C27H26N6O/c1-18-8-5-6-11-25(18)30-21(4)29-20(3)23-10-7-9-22(15-23)17-33-27(34)13-12-26(32-33)24-14-19(2)31-28-16-24/h5-16H,3,17H2,1-2,4H3,(H,29,30). The van der Waals surface area contributed by atoms with Gasteiger partial charge in [-0.3, -0.25) is 4.79 Å². The smallest absolute Gasteiger partial charge is 0.267 e. The topological polar surface area (TPSA) is 85.1 Å². The molecule has 34 heavy (non-hydrogen) atoms. The minimum Gasteiger partial charge on any atom is -0.344 e. The van der Waals surface area contributed by atoms with Crippen molar-refractivity contribution in [2.75, 3.05) is 0 Å². The molecule has 0 spiro atoms. The van der Waals surface area contributed by atoms with Gasteiger partial charge in [0.25, 0.3) is 5.56 Å². The summed E-state index contributed by atoms with van der Waals surface area (Å²) in [5.74, 6) is 0.747. The highest BCUT2D eigenvalue weighted by atomic mass is 16.1. The Morgan fingerprint density at radius 2 is 1.88 bits per heavy atom. The van der Waals surface area contributed by atoms with Crippen LogP contribution in [0.3, 0.4) is 0 Å². The summed E-state index contributed by atoms with van der Waals surface area (Å²) in [5.41, 5.74) is 6.69. The molecule has 0 aliphatic heterocycles. The quantitative estimate of drug-likeness (QED) is 0.341. The summed E-state index contributed by atoms with van der Waals surface area (Å²) in [7, 11) is 0. The molecule has 0 aliphatic rings. The predicted octanol–water partition coefficient (Wildman–Crippen LogP) is 4.68. The number of nitrogens with zero attached hydrogens (tertiary/aromatic N) is 5. The minimum atomic E-state index is -0.175. The Balaban J connectivity index is 1.53. The van der Waals surface area contributed by atoms with Crippen LogP contribution in [-0.2, 0) is 6.54 Å². The lowest BCUT2D eigenvalue weighted by atomic mass is 10.1. The number of amidine groups is 1. The van der Waals surface area contributed by atoms with Gasteiger partial charge in [0.1, 0.15) is 5.84 Å². The summed E-state index contributed by atoms with van der Waals surface area (Å²) in [6, 6.07) is 21.0. The summed E-state index contributed by atoms with van der Waals surface area (Å²) < 4.78 is 1.45. The van der Waals surface area contributed by atoms with Crippen LogP contribution in [-0.4, -0.2) is 25.8 Å². The molecule has 0 atom stereocenters. The summed E-state index contributed by atoms with van der Waals surface area (Å²) >= 11 is 0. The Bertz CT molecular complexity index is 1440. The van der Waals surface area contributed by atoms with Crippen molar-refractivity contribution in [1.82, 2.24) is 25.3 Å². The molecule has 4 rings (SSSR count). The van der Waals surface area contributed by atoms with E-state index >= 15 is 0 Å². The van der Waals surface area contributed by atoms with Crippen molar-refractivity contribution >= 4 is 17.2 Å². The molecule has 1 N–H and O–H groups in total. The van der Waals surface area contributed by atoms with E-state index in [1.54, 1.807) is 12.3 Å². The molecule has 2 aromatic heterocycles. The van der Waals surface area contributed by atoms with Gasteiger partial charge >= 0.3 is 0 Å². The number of nitrogens with one attached hydrogen (secondary N) is 1. The van der Waals surface area contributed by atoms with E-state index in [9.17, 15) is 4.79 Å². The molecule has 0 saturated heterocycles. The lowest BCUT2D eigenvalue weighted by Crippen LogP contribution is -2.23. The van der Waals surface area contributed by atoms with Crippen molar-refractivity contribution in [2.45, 2.75) is 27.3 Å². The lowest BCUT2D eigenvalue weighted by Gasteiger charge is -2.12. The van der Waals surface area contributed by atoms with Crippen LogP contribution in [0.25, 0.3) is 17.0 Å². The molecule has 0 saturated carbocycles. The third kappa shape index (κ3) is 5.50. The Hall–Kier alpha value is -4.39. The van der Waals surface area contributed by atoms with E-state index in [0.29, 0.717) is 12.2 Å². The van der Waals surface area contributed by atoms with Gasteiger partial charge in [0.05, 0.1) is 29.8 Å². The van der Waals surface area contributed by atoms with Gasteiger partial charge in [0.2, 0.25) is 0 Å². The summed E-state index contributed by atoms with van der Waals surface area (Å²) in [6.45, 7) is 10.3. The molecule has 0 amide bonds. The van der Waals surface area contributed by atoms with Crippen molar-refractivity contribution in [3.05, 3.63) is 112 Å². The maximum Gasteiger partial charge on any atom is 0.267 e. The monoisotopic (exact) mass is 450 g/mol. The zero-order chi connectivity index (χ0) is 24.1.